The Bertz CT molecular complexity index is 268. The predicted molar refractivity (Wildman–Crippen MR) is 60.1 cm³/mol. The van der Waals surface area contributed by atoms with E-state index in [0.29, 0.717) is 6.04 Å². The molecule has 76 valence electrons. The van der Waals surface area contributed by atoms with E-state index in [0.717, 1.165) is 5.92 Å². The Kier molecular flexibility index (Phi) is 3.20. The van der Waals surface area contributed by atoms with Crippen molar-refractivity contribution in [2.75, 3.05) is 0 Å². The molecule has 14 heavy (non-hydrogen) atoms. The Morgan fingerprint density at radius 2 is 1.93 bits per heavy atom. The summed E-state index contributed by atoms with van der Waals surface area (Å²) in [5.41, 5.74) is 7.44. The summed E-state index contributed by atoms with van der Waals surface area (Å²) in [6, 6.07) is 11.2. The molecular weight excluding hydrogens is 170 g/mol. The zero-order chi connectivity index (χ0) is 9.80. The van der Waals surface area contributed by atoms with E-state index in [1.807, 2.05) is 0 Å². The first-order valence-electron chi connectivity index (χ1n) is 5.64. The first-order chi connectivity index (χ1) is 6.84. The molecule has 0 radical (unpaired) electrons. The molecule has 2 atom stereocenters. The summed E-state index contributed by atoms with van der Waals surface area (Å²) in [6.07, 6.45) is 6.34. The van der Waals surface area contributed by atoms with Crippen molar-refractivity contribution in [1.29, 1.82) is 0 Å². The maximum Gasteiger partial charge on any atom is 0.00415 e. The van der Waals surface area contributed by atoms with Gasteiger partial charge in [0.05, 0.1) is 0 Å². The summed E-state index contributed by atoms with van der Waals surface area (Å²) in [7, 11) is 0. The summed E-state index contributed by atoms with van der Waals surface area (Å²) >= 11 is 0. The minimum Gasteiger partial charge on any atom is -0.328 e. The Morgan fingerprint density at radius 1 is 1.14 bits per heavy atom. The van der Waals surface area contributed by atoms with E-state index >= 15 is 0 Å². The van der Waals surface area contributed by atoms with Crippen molar-refractivity contribution in [3.05, 3.63) is 35.9 Å². The van der Waals surface area contributed by atoms with Gasteiger partial charge in [-0.3, -0.25) is 0 Å². The van der Waals surface area contributed by atoms with Gasteiger partial charge in [-0.15, -0.1) is 0 Å². The highest BCUT2D eigenvalue weighted by Gasteiger charge is 2.18. The molecule has 0 amide bonds. The van der Waals surface area contributed by atoms with E-state index < -0.39 is 0 Å². The van der Waals surface area contributed by atoms with E-state index in [2.05, 4.69) is 30.3 Å². The SMILES string of the molecule is N[C@H]1CCC[C@@H](Cc2ccccc2)C1. The normalized spacial score (nSPS) is 27.5. The first kappa shape index (κ1) is 9.72. The number of benzene rings is 1. The monoisotopic (exact) mass is 189 g/mol. The van der Waals surface area contributed by atoms with Crippen molar-refractivity contribution in [3.8, 4) is 0 Å². The smallest absolute Gasteiger partial charge is 0.00415 e. The van der Waals surface area contributed by atoms with E-state index in [4.69, 9.17) is 5.73 Å². The molecule has 0 aromatic heterocycles. The molecule has 1 aliphatic rings. The van der Waals surface area contributed by atoms with Crippen LogP contribution in [-0.2, 0) is 6.42 Å². The Morgan fingerprint density at radius 3 is 2.64 bits per heavy atom. The molecule has 2 rings (SSSR count). The minimum atomic E-state index is 0.456. The summed E-state index contributed by atoms with van der Waals surface area (Å²) in [5, 5.41) is 0. The molecule has 1 saturated carbocycles. The Hall–Kier alpha value is -0.820. The van der Waals surface area contributed by atoms with Crippen LogP contribution in [0.15, 0.2) is 30.3 Å². The van der Waals surface area contributed by atoms with Gasteiger partial charge in [0.15, 0.2) is 0 Å². The zero-order valence-electron chi connectivity index (χ0n) is 8.65. The molecule has 1 nitrogen and oxygen atoms in total. The van der Waals surface area contributed by atoms with Crippen molar-refractivity contribution in [3.63, 3.8) is 0 Å². The maximum absolute atomic E-state index is 5.98. The van der Waals surface area contributed by atoms with Gasteiger partial charge in [-0.1, -0.05) is 43.2 Å². The van der Waals surface area contributed by atoms with Gasteiger partial charge in [0.2, 0.25) is 0 Å². The highest BCUT2D eigenvalue weighted by atomic mass is 14.6. The van der Waals surface area contributed by atoms with Crippen molar-refractivity contribution in [1.82, 2.24) is 0 Å². The molecule has 1 fully saturated rings. The minimum absolute atomic E-state index is 0.456. The maximum atomic E-state index is 5.98. The van der Waals surface area contributed by atoms with Gasteiger partial charge < -0.3 is 5.73 Å². The summed E-state index contributed by atoms with van der Waals surface area (Å²) in [4.78, 5) is 0. The lowest BCUT2D eigenvalue weighted by Gasteiger charge is -2.26. The molecule has 0 saturated heterocycles. The van der Waals surface area contributed by atoms with Crippen LogP contribution in [0.5, 0.6) is 0 Å². The summed E-state index contributed by atoms with van der Waals surface area (Å²) in [5.74, 6) is 0.821. The zero-order valence-corrected chi connectivity index (χ0v) is 8.65. The molecule has 1 aromatic carbocycles. The largest absolute Gasteiger partial charge is 0.328 e. The average Bonchev–Trinajstić information content (AvgIpc) is 2.19. The van der Waals surface area contributed by atoms with Gasteiger partial charge >= 0.3 is 0 Å². The topological polar surface area (TPSA) is 26.0 Å². The van der Waals surface area contributed by atoms with E-state index in [1.54, 1.807) is 0 Å². The molecular formula is C13H19N. The van der Waals surface area contributed by atoms with Crippen molar-refractivity contribution >= 4 is 0 Å². The molecule has 2 N–H and O–H groups in total. The van der Waals surface area contributed by atoms with Crippen LogP contribution in [0.4, 0.5) is 0 Å². The molecule has 0 unspecified atom stereocenters. The number of hydrogen-bond donors (Lipinski definition) is 1. The van der Waals surface area contributed by atoms with Crippen molar-refractivity contribution in [2.24, 2.45) is 11.7 Å². The molecule has 0 heterocycles. The third-order valence-corrected chi connectivity index (χ3v) is 3.19. The standard InChI is InChI=1S/C13H19N/c14-13-8-4-7-12(10-13)9-11-5-2-1-3-6-11/h1-3,5-6,12-13H,4,7-10,14H2/t12-,13-/m0/s1. The third-order valence-electron chi connectivity index (χ3n) is 3.19. The highest BCUT2D eigenvalue weighted by Crippen LogP contribution is 2.26. The van der Waals surface area contributed by atoms with Crippen molar-refractivity contribution < 1.29 is 0 Å². The van der Waals surface area contributed by atoms with Crippen LogP contribution < -0.4 is 5.73 Å². The lowest BCUT2D eigenvalue weighted by Crippen LogP contribution is -2.28. The lowest BCUT2D eigenvalue weighted by atomic mass is 9.82. The van der Waals surface area contributed by atoms with Gasteiger partial charge in [0.25, 0.3) is 0 Å². The molecule has 1 heteroatoms. The second-order valence-electron chi connectivity index (χ2n) is 4.48. The van der Waals surface area contributed by atoms with Crippen LogP contribution in [0.25, 0.3) is 0 Å². The van der Waals surface area contributed by atoms with E-state index in [-0.39, 0.29) is 0 Å². The number of nitrogens with two attached hydrogens (primary N) is 1. The molecule has 0 bridgehead atoms. The van der Waals surface area contributed by atoms with Crippen LogP contribution in [0.3, 0.4) is 0 Å². The number of hydrogen-bond acceptors (Lipinski definition) is 1. The highest BCUT2D eigenvalue weighted by molar-refractivity contribution is 5.15. The molecule has 0 aliphatic heterocycles. The van der Waals surface area contributed by atoms with Crippen LogP contribution in [0.2, 0.25) is 0 Å². The number of rotatable bonds is 2. The fourth-order valence-corrected chi connectivity index (χ4v) is 2.47. The molecule has 1 aliphatic carbocycles. The molecule has 1 aromatic rings. The summed E-state index contributed by atoms with van der Waals surface area (Å²) < 4.78 is 0. The second kappa shape index (κ2) is 4.61. The van der Waals surface area contributed by atoms with Crippen molar-refractivity contribution in [2.45, 2.75) is 38.1 Å². The van der Waals surface area contributed by atoms with Crippen LogP contribution in [0, 0.1) is 5.92 Å². The van der Waals surface area contributed by atoms with Crippen LogP contribution >= 0.6 is 0 Å². The lowest BCUT2D eigenvalue weighted by molar-refractivity contribution is 0.321. The van der Waals surface area contributed by atoms with E-state index in [1.165, 1.54) is 37.7 Å². The van der Waals surface area contributed by atoms with Crippen LogP contribution in [0.1, 0.15) is 31.2 Å². The van der Waals surface area contributed by atoms with Gasteiger partial charge in [0.1, 0.15) is 0 Å². The fraction of sp³-hybridized carbons (Fsp3) is 0.538. The second-order valence-corrected chi connectivity index (χ2v) is 4.48. The van der Waals surface area contributed by atoms with E-state index in [9.17, 15) is 0 Å². The quantitative estimate of drug-likeness (QED) is 0.760. The Labute approximate surface area is 86.3 Å². The van der Waals surface area contributed by atoms with Gasteiger partial charge in [-0.2, -0.15) is 0 Å². The van der Waals surface area contributed by atoms with Gasteiger partial charge in [-0.25, -0.2) is 0 Å². The Balaban J connectivity index is 1.91. The third kappa shape index (κ3) is 2.58. The van der Waals surface area contributed by atoms with Crippen LogP contribution in [-0.4, -0.2) is 6.04 Å². The van der Waals surface area contributed by atoms with Gasteiger partial charge in [0, 0.05) is 6.04 Å². The average molecular weight is 189 g/mol. The predicted octanol–water partition coefficient (Wildman–Crippen LogP) is 2.75. The summed E-state index contributed by atoms with van der Waals surface area (Å²) in [6.45, 7) is 0. The van der Waals surface area contributed by atoms with Gasteiger partial charge in [-0.05, 0) is 30.7 Å². The molecule has 0 spiro atoms. The fourth-order valence-electron chi connectivity index (χ4n) is 2.47. The first-order valence-corrected chi connectivity index (χ1v) is 5.64.